The fraction of sp³-hybridized carbons (Fsp3) is 0.467. The molecule has 0 radical (unpaired) electrons. The van der Waals surface area contributed by atoms with Crippen molar-refractivity contribution in [2.45, 2.75) is 26.4 Å². The van der Waals surface area contributed by atoms with Gasteiger partial charge in [-0.1, -0.05) is 23.7 Å². The molecule has 1 N–H and O–H groups in total. The highest BCUT2D eigenvalue weighted by Crippen LogP contribution is 2.14. The molecule has 2 amide bonds. The van der Waals surface area contributed by atoms with E-state index >= 15 is 0 Å². The lowest BCUT2D eigenvalue weighted by atomic mass is 10.2. The van der Waals surface area contributed by atoms with Gasteiger partial charge in [0.15, 0.2) is 0 Å². The lowest BCUT2D eigenvalue weighted by Crippen LogP contribution is -2.39. The number of likely N-dealkylation sites (N-methyl/N-ethyl adjacent to an activating group) is 1. The molecule has 1 aromatic carbocycles. The highest BCUT2D eigenvalue weighted by molar-refractivity contribution is 6.33. The van der Waals surface area contributed by atoms with Gasteiger partial charge in [0.1, 0.15) is 5.60 Å². The van der Waals surface area contributed by atoms with E-state index in [-0.39, 0.29) is 5.91 Å². The minimum atomic E-state index is -0.536. The Morgan fingerprint density at radius 3 is 2.48 bits per heavy atom. The van der Waals surface area contributed by atoms with Crippen LogP contribution in [-0.4, -0.2) is 42.6 Å². The average Bonchev–Trinajstić information content (AvgIpc) is 2.36. The number of nitrogens with one attached hydrogen (secondary N) is 1. The van der Waals surface area contributed by atoms with E-state index in [2.05, 4.69) is 5.32 Å². The Labute approximate surface area is 130 Å². The van der Waals surface area contributed by atoms with E-state index in [9.17, 15) is 9.59 Å². The quantitative estimate of drug-likeness (QED) is 0.930. The molecule has 21 heavy (non-hydrogen) atoms. The second kappa shape index (κ2) is 7.31. The van der Waals surface area contributed by atoms with Crippen LogP contribution < -0.4 is 5.32 Å². The van der Waals surface area contributed by atoms with Crippen LogP contribution in [0.5, 0.6) is 0 Å². The number of rotatable bonds is 4. The number of carbonyl (C=O) groups is 2. The van der Waals surface area contributed by atoms with Crippen LogP contribution in [0.4, 0.5) is 4.79 Å². The molecule has 1 rings (SSSR count). The topological polar surface area (TPSA) is 58.6 Å². The molecule has 116 valence electrons. The number of benzene rings is 1. The number of hydrogen-bond donors (Lipinski definition) is 1. The van der Waals surface area contributed by atoms with Gasteiger partial charge in [0, 0.05) is 20.1 Å². The molecule has 0 aliphatic rings. The summed E-state index contributed by atoms with van der Waals surface area (Å²) >= 11 is 5.94. The molecule has 0 bridgehead atoms. The van der Waals surface area contributed by atoms with Crippen LogP contribution in [0.25, 0.3) is 0 Å². The molecule has 0 saturated carbocycles. The number of carbonyl (C=O) groups excluding carboxylic acids is 2. The van der Waals surface area contributed by atoms with Gasteiger partial charge in [-0.25, -0.2) is 4.79 Å². The molecule has 6 heteroatoms. The summed E-state index contributed by atoms with van der Waals surface area (Å²) in [6, 6.07) is 6.81. The van der Waals surface area contributed by atoms with Crippen molar-refractivity contribution in [2.24, 2.45) is 0 Å². The summed E-state index contributed by atoms with van der Waals surface area (Å²) in [6.45, 7) is 6.08. The Morgan fingerprint density at radius 1 is 1.29 bits per heavy atom. The number of ether oxygens (including phenoxy) is 1. The maximum Gasteiger partial charge on any atom is 0.410 e. The minimum absolute atomic E-state index is 0.266. The first-order chi connectivity index (χ1) is 9.70. The van der Waals surface area contributed by atoms with Crippen LogP contribution in [0, 0.1) is 0 Å². The Balaban J connectivity index is 2.42. The van der Waals surface area contributed by atoms with Crippen molar-refractivity contribution in [1.82, 2.24) is 10.2 Å². The lowest BCUT2D eigenvalue weighted by molar-refractivity contribution is 0.0299. The molecule has 0 aliphatic carbocycles. The summed E-state index contributed by atoms with van der Waals surface area (Å²) in [7, 11) is 1.62. The standard InChI is InChI=1S/C15H21ClN2O3/c1-15(2,3)21-14(20)18(4)10-9-17-13(19)11-7-5-6-8-12(11)16/h5-8H,9-10H2,1-4H3,(H,17,19). The Bertz CT molecular complexity index is 512. The molecular formula is C15H21ClN2O3. The van der Waals surface area contributed by atoms with E-state index in [0.29, 0.717) is 23.7 Å². The molecular weight excluding hydrogens is 292 g/mol. The summed E-state index contributed by atoms with van der Waals surface area (Å²) in [4.78, 5) is 25.1. The molecule has 0 aliphatic heterocycles. The molecule has 0 atom stereocenters. The average molecular weight is 313 g/mol. The van der Waals surface area contributed by atoms with Crippen molar-refractivity contribution in [3.8, 4) is 0 Å². The Kier molecular flexibility index (Phi) is 6.03. The van der Waals surface area contributed by atoms with Crippen molar-refractivity contribution >= 4 is 23.6 Å². The van der Waals surface area contributed by atoms with Gasteiger partial charge < -0.3 is 15.0 Å². The van der Waals surface area contributed by atoms with E-state index in [1.165, 1.54) is 4.90 Å². The van der Waals surface area contributed by atoms with E-state index in [4.69, 9.17) is 16.3 Å². The van der Waals surface area contributed by atoms with Gasteiger partial charge in [0.25, 0.3) is 5.91 Å². The maximum atomic E-state index is 11.9. The Morgan fingerprint density at radius 2 is 1.90 bits per heavy atom. The molecule has 5 nitrogen and oxygen atoms in total. The van der Waals surface area contributed by atoms with Gasteiger partial charge in [-0.3, -0.25) is 4.79 Å². The van der Waals surface area contributed by atoms with E-state index < -0.39 is 11.7 Å². The first-order valence-electron chi connectivity index (χ1n) is 6.67. The minimum Gasteiger partial charge on any atom is -0.444 e. The predicted molar refractivity (Wildman–Crippen MR) is 82.6 cm³/mol. The molecule has 1 aromatic rings. The summed E-state index contributed by atoms with van der Waals surface area (Å²) in [5, 5.41) is 3.11. The van der Waals surface area contributed by atoms with E-state index in [1.807, 2.05) is 0 Å². The van der Waals surface area contributed by atoms with Crippen LogP contribution in [0.2, 0.25) is 5.02 Å². The van der Waals surface area contributed by atoms with Crippen molar-refractivity contribution in [2.75, 3.05) is 20.1 Å². The zero-order chi connectivity index (χ0) is 16.0. The third-order valence-electron chi connectivity index (χ3n) is 2.56. The van der Waals surface area contributed by atoms with Crippen molar-refractivity contribution < 1.29 is 14.3 Å². The third kappa shape index (κ3) is 6.04. The van der Waals surface area contributed by atoms with Crippen molar-refractivity contribution in [3.63, 3.8) is 0 Å². The molecule has 0 aromatic heterocycles. The van der Waals surface area contributed by atoms with Crippen LogP contribution in [0.15, 0.2) is 24.3 Å². The van der Waals surface area contributed by atoms with Crippen LogP contribution in [0.1, 0.15) is 31.1 Å². The van der Waals surface area contributed by atoms with Gasteiger partial charge in [0.05, 0.1) is 10.6 Å². The highest BCUT2D eigenvalue weighted by Gasteiger charge is 2.19. The van der Waals surface area contributed by atoms with Crippen molar-refractivity contribution in [3.05, 3.63) is 34.9 Å². The normalized spacial score (nSPS) is 10.9. The van der Waals surface area contributed by atoms with Gasteiger partial charge in [0.2, 0.25) is 0 Å². The number of nitrogens with zero attached hydrogens (tertiary/aromatic N) is 1. The molecule has 0 fully saturated rings. The smallest absolute Gasteiger partial charge is 0.410 e. The fourth-order valence-electron chi connectivity index (χ4n) is 1.51. The molecule has 0 spiro atoms. The number of halogens is 1. The van der Waals surface area contributed by atoms with E-state index in [1.54, 1.807) is 52.1 Å². The fourth-order valence-corrected chi connectivity index (χ4v) is 1.73. The first kappa shape index (κ1) is 17.3. The summed E-state index contributed by atoms with van der Waals surface area (Å²) < 4.78 is 5.21. The SMILES string of the molecule is CN(CCNC(=O)c1ccccc1Cl)C(=O)OC(C)(C)C. The second-order valence-electron chi connectivity index (χ2n) is 5.64. The molecule has 0 saturated heterocycles. The second-order valence-corrected chi connectivity index (χ2v) is 6.04. The van der Waals surface area contributed by atoms with Gasteiger partial charge in [-0.2, -0.15) is 0 Å². The monoisotopic (exact) mass is 312 g/mol. The summed E-state index contributed by atoms with van der Waals surface area (Å²) in [6.07, 6.45) is -0.422. The maximum absolute atomic E-state index is 11.9. The lowest BCUT2D eigenvalue weighted by Gasteiger charge is -2.24. The van der Waals surface area contributed by atoms with Crippen LogP contribution in [0.3, 0.4) is 0 Å². The van der Waals surface area contributed by atoms with Gasteiger partial charge in [-0.05, 0) is 32.9 Å². The molecule has 0 unspecified atom stereocenters. The van der Waals surface area contributed by atoms with Gasteiger partial charge in [-0.15, -0.1) is 0 Å². The summed E-state index contributed by atoms with van der Waals surface area (Å²) in [5.74, 6) is -0.266. The zero-order valence-electron chi connectivity index (χ0n) is 12.8. The third-order valence-corrected chi connectivity index (χ3v) is 2.89. The number of hydrogen-bond acceptors (Lipinski definition) is 3. The number of amides is 2. The first-order valence-corrected chi connectivity index (χ1v) is 7.05. The van der Waals surface area contributed by atoms with Crippen molar-refractivity contribution in [1.29, 1.82) is 0 Å². The van der Waals surface area contributed by atoms with E-state index in [0.717, 1.165) is 0 Å². The van der Waals surface area contributed by atoms with Crippen LogP contribution in [-0.2, 0) is 4.74 Å². The predicted octanol–water partition coefficient (Wildman–Crippen LogP) is 2.94. The van der Waals surface area contributed by atoms with Gasteiger partial charge >= 0.3 is 6.09 Å². The van der Waals surface area contributed by atoms with Crippen LogP contribution >= 0.6 is 11.6 Å². The Hall–Kier alpha value is -1.75. The zero-order valence-corrected chi connectivity index (χ0v) is 13.5. The largest absolute Gasteiger partial charge is 0.444 e. The highest BCUT2D eigenvalue weighted by atomic mass is 35.5. The molecule has 0 heterocycles. The summed E-state index contributed by atoms with van der Waals surface area (Å²) in [5.41, 5.74) is -0.120.